The third kappa shape index (κ3) is 3.65. The van der Waals surface area contributed by atoms with E-state index >= 15 is 0 Å². The lowest BCUT2D eigenvalue weighted by molar-refractivity contribution is 0.324. The number of halogens is 2. The molecule has 34 heavy (non-hydrogen) atoms. The fraction of sp³-hybridized carbons (Fsp3) is 0.111. The number of aliphatic imine (C=N–C) groups is 2. The van der Waals surface area contributed by atoms with Gasteiger partial charge in [-0.1, -0.05) is 36.4 Å². The highest BCUT2D eigenvalue weighted by Gasteiger charge is 2.27. The van der Waals surface area contributed by atoms with Crippen LogP contribution in [0.5, 0.6) is 17.2 Å². The van der Waals surface area contributed by atoms with Crippen molar-refractivity contribution in [1.82, 2.24) is 0 Å². The molecule has 0 saturated carbocycles. The molecule has 0 heterocycles. The van der Waals surface area contributed by atoms with E-state index in [1.165, 1.54) is 33.5 Å². The van der Waals surface area contributed by atoms with Gasteiger partial charge in [-0.2, -0.15) is 0 Å². The summed E-state index contributed by atoms with van der Waals surface area (Å²) in [6, 6.07) is 18.4. The van der Waals surface area contributed by atoms with Gasteiger partial charge in [0.15, 0.2) is 11.5 Å². The first-order valence-electron chi connectivity index (χ1n) is 10.5. The van der Waals surface area contributed by atoms with Crippen LogP contribution in [-0.2, 0) is 0 Å². The summed E-state index contributed by atoms with van der Waals surface area (Å²) in [5.41, 5.74) is 3.51. The lowest BCUT2D eigenvalue weighted by Gasteiger charge is -2.13. The second kappa shape index (κ2) is 8.59. The quantitative estimate of drug-likeness (QED) is 0.348. The van der Waals surface area contributed by atoms with Crippen molar-refractivity contribution in [2.24, 2.45) is 9.98 Å². The van der Waals surface area contributed by atoms with Gasteiger partial charge in [-0.15, -0.1) is 0 Å². The van der Waals surface area contributed by atoms with Crippen molar-refractivity contribution in [3.63, 3.8) is 0 Å². The zero-order valence-corrected chi connectivity index (χ0v) is 18.7. The van der Waals surface area contributed by atoms with Gasteiger partial charge in [0.05, 0.1) is 44.1 Å². The van der Waals surface area contributed by atoms with E-state index in [4.69, 9.17) is 19.2 Å². The second-order valence-electron chi connectivity index (χ2n) is 7.64. The van der Waals surface area contributed by atoms with Crippen LogP contribution in [0.4, 0.5) is 20.2 Å². The average Bonchev–Trinajstić information content (AvgIpc) is 3.12. The first kappa shape index (κ1) is 21.6. The van der Waals surface area contributed by atoms with Gasteiger partial charge in [-0.3, -0.25) is 0 Å². The maximum atomic E-state index is 13.9. The van der Waals surface area contributed by atoms with E-state index in [1.807, 2.05) is 36.4 Å². The van der Waals surface area contributed by atoms with Crippen LogP contribution < -0.4 is 14.2 Å². The number of hydrogen-bond acceptors (Lipinski definition) is 5. The molecular weight excluding hydrogens is 438 g/mol. The predicted molar refractivity (Wildman–Crippen MR) is 129 cm³/mol. The van der Waals surface area contributed by atoms with Crippen LogP contribution in [0.25, 0.3) is 10.8 Å². The smallest absolute Gasteiger partial charge is 0.203 e. The summed E-state index contributed by atoms with van der Waals surface area (Å²) >= 11 is 0. The minimum Gasteiger partial charge on any atom is -0.493 e. The van der Waals surface area contributed by atoms with Gasteiger partial charge in [-0.05, 0) is 17.5 Å². The molecule has 1 aliphatic carbocycles. The number of benzene rings is 4. The van der Waals surface area contributed by atoms with Gasteiger partial charge < -0.3 is 14.2 Å². The summed E-state index contributed by atoms with van der Waals surface area (Å²) in [5, 5.41) is 2.00. The molecule has 0 atom stereocenters. The van der Waals surface area contributed by atoms with Crippen molar-refractivity contribution < 1.29 is 23.0 Å². The molecule has 0 amide bonds. The minimum atomic E-state index is -0.698. The third-order valence-electron chi connectivity index (χ3n) is 5.62. The van der Waals surface area contributed by atoms with E-state index in [0.29, 0.717) is 34.4 Å². The Morgan fingerprint density at radius 1 is 0.618 bits per heavy atom. The lowest BCUT2D eigenvalue weighted by Crippen LogP contribution is -2.10. The summed E-state index contributed by atoms with van der Waals surface area (Å²) in [6.07, 6.45) is 0. The van der Waals surface area contributed by atoms with Gasteiger partial charge in [0, 0.05) is 34.7 Å². The number of methoxy groups -OCH3 is 3. The Bertz CT molecular complexity index is 1440. The van der Waals surface area contributed by atoms with E-state index in [0.717, 1.165) is 28.0 Å². The summed E-state index contributed by atoms with van der Waals surface area (Å²) in [7, 11) is 4.60. The highest BCUT2D eigenvalue weighted by Crippen LogP contribution is 2.42. The normalized spacial score (nSPS) is 14.7. The van der Waals surface area contributed by atoms with Crippen LogP contribution in [0.15, 0.2) is 76.7 Å². The van der Waals surface area contributed by atoms with E-state index in [-0.39, 0.29) is 5.69 Å². The highest BCUT2D eigenvalue weighted by molar-refractivity contribution is 6.61. The van der Waals surface area contributed by atoms with Crippen LogP contribution in [-0.4, -0.2) is 32.8 Å². The van der Waals surface area contributed by atoms with Gasteiger partial charge in [0.1, 0.15) is 11.6 Å². The molecule has 0 spiro atoms. The highest BCUT2D eigenvalue weighted by atomic mass is 19.1. The van der Waals surface area contributed by atoms with Crippen LogP contribution in [0.3, 0.4) is 0 Å². The molecule has 4 aromatic rings. The first-order chi connectivity index (χ1) is 16.5. The molecule has 7 heteroatoms. The monoisotopic (exact) mass is 458 g/mol. The molecule has 1 aliphatic rings. The fourth-order valence-electron chi connectivity index (χ4n) is 4.21. The van der Waals surface area contributed by atoms with E-state index in [9.17, 15) is 8.78 Å². The minimum absolute atomic E-state index is 0.162. The summed E-state index contributed by atoms with van der Waals surface area (Å²) in [5.74, 6) is -0.0246. The van der Waals surface area contributed by atoms with Crippen molar-refractivity contribution in [3.8, 4) is 17.2 Å². The molecular formula is C27H20F2N2O3. The SMILES string of the molecule is COc1cc(N=C2C(=Nc3cc(F)cc(F)c3)c3cccc4cccc2c34)cc(OC)c1OC. The van der Waals surface area contributed by atoms with Crippen molar-refractivity contribution in [3.05, 3.63) is 89.5 Å². The molecule has 5 rings (SSSR count). The molecule has 0 unspecified atom stereocenters. The Hall–Kier alpha value is -4.26. The molecule has 0 saturated heterocycles. The van der Waals surface area contributed by atoms with Crippen LogP contribution in [0.2, 0.25) is 0 Å². The molecule has 0 bridgehead atoms. The molecule has 5 nitrogen and oxygen atoms in total. The fourth-order valence-corrected chi connectivity index (χ4v) is 4.21. The van der Waals surface area contributed by atoms with E-state index < -0.39 is 11.6 Å². The Labute approximate surface area is 195 Å². The predicted octanol–water partition coefficient (Wildman–Crippen LogP) is 6.40. The first-order valence-corrected chi connectivity index (χ1v) is 10.5. The number of hydrogen-bond donors (Lipinski definition) is 0. The van der Waals surface area contributed by atoms with Gasteiger partial charge in [0.2, 0.25) is 5.75 Å². The summed E-state index contributed by atoms with van der Waals surface area (Å²) < 4.78 is 44.1. The number of ether oxygens (including phenoxy) is 3. The van der Waals surface area contributed by atoms with Crippen molar-refractivity contribution >= 4 is 33.6 Å². The third-order valence-corrected chi connectivity index (χ3v) is 5.62. The van der Waals surface area contributed by atoms with Crippen LogP contribution >= 0.6 is 0 Å². The lowest BCUT2D eigenvalue weighted by atomic mass is 10.1. The maximum absolute atomic E-state index is 13.9. The Balaban J connectivity index is 1.77. The topological polar surface area (TPSA) is 52.4 Å². The molecule has 0 aromatic heterocycles. The van der Waals surface area contributed by atoms with E-state index in [1.54, 1.807) is 12.1 Å². The zero-order valence-electron chi connectivity index (χ0n) is 18.7. The number of rotatable bonds is 5. The van der Waals surface area contributed by atoms with Gasteiger partial charge in [-0.25, -0.2) is 18.8 Å². The maximum Gasteiger partial charge on any atom is 0.203 e. The molecule has 0 fully saturated rings. The largest absolute Gasteiger partial charge is 0.493 e. The summed E-state index contributed by atoms with van der Waals surface area (Å²) in [4.78, 5) is 9.53. The Morgan fingerprint density at radius 3 is 1.59 bits per heavy atom. The van der Waals surface area contributed by atoms with Gasteiger partial charge in [0.25, 0.3) is 0 Å². The molecule has 0 N–H and O–H groups in total. The summed E-state index contributed by atoms with van der Waals surface area (Å²) in [6.45, 7) is 0. The average molecular weight is 458 g/mol. The van der Waals surface area contributed by atoms with Crippen LogP contribution in [0, 0.1) is 11.6 Å². The van der Waals surface area contributed by atoms with Crippen molar-refractivity contribution in [2.45, 2.75) is 0 Å². The van der Waals surface area contributed by atoms with Crippen molar-refractivity contribution in [2.75, 3.05) is 21.3 Å². The number of nitrogens with zero attached hydrogens (tertiary/aromatic N) is 2. The second-order valence-corrected chi connectivity index (χ2v) is 7.64. The van der Waals surface area contributed by atoms with Gasteiger partial charge >= 0.3 is 0 Å². The standard InChI is InChI=1S/C27H20F2N2O3/c1-32-22-13-19(14-23(33-2)27(22)34-3)31-26-21-9-5-7-15-6-4-8-20(24(15)21)25(26)30-18-11-16(28)10-17(29)12-18/h4-14H,1-3H3. The molecule has 170 valence electrons. The molecule has 0 radical (unpaired) electrons. The molecule has 0 aliphatic heterocycles. The Morgan fingerprint density at radius 2 is 1.12 bits per heavy atom. The molecule has 4 aromatic carbocycles. The van der Waals surface area contributed by atoms with E-state index in [2.05, 4.69) is 4.99 Å². The zero-order chi connectivity index (χ0) is 23.8. The Kier molecular flexibility index (Phi) is 5.45. The van der Waals surface area contributed by atoms with Crippen LogP contribution in [0.1, 0.15) is 11.1 Å². The van der Waals surface area contributed by atoms with Crippen molar-refractivity contribution in [1.29, 1.82) is 0 Å².